The molecule has 0 amide bonds. The van der Waals surface area contributed by atoms with E-state index in [1.54, 1.807) is 29.8 Å². The van der Waals surface area contributed by atoms with Gasteiger partial charge in [-0.1, -0.05) is 11.6 Å². The summed E-state index contributed by atoms with van der Waals surface area (Å²) in [6.45, 7) is 0.850. The van der Waals surface area contributed by atoms with Crippen LogP contribution in [-0.4, -0.2) is 33.4 Å². The van der Waals surface area contributed by atoms with Crippen molar-refractivity contribution in [2.24, 2.45) is 7.05 Å². The van der Waals surface area contributed by atoms with Crippen LogP contribution in [0.4, 0.5) is 5.95 Å². The molecule has 0 saturated carbocycles. The standard InChI is InChI=1S/C17H23N5O/c1-22-14(9-11-20-22)16-15(23-2)12-19-17(21-16)18-10-8-13-6-4-3-5-7-13/h6,9,11-12H,3-5,7-8,10H2,1-2H3,(H,18,19,21). The SMILES string of the molecule is COc1cnc(NCCC2=CCCCC2)nc1-c1ccnn1C. The molecule has 6 heteroatoms. The fraction of sp³-hybridized carbons (Fsp3) is 0.471. The van der Waals surface area contributed by atoms with E-state index in [1.807, 2.05) is 13.1 Å². The Balaban J connectivity index is 1.71. The Kier molecular flexibility index (Phi) is 4.90. The molecule has 0 aliphatic heterocycles. The number of aromatic nitrogens is 4. The molecule has 0 radical (unpaired) electrons. The third-order valence-electron chi connectivity index (χ3n) is 4.15. The van der Waals surface area contributed by atoms with Gasteiger partial charge < -0.3 is 10.1 Å². The van der Waals surface area contributed by atoms with Gasteiger partial charge in [-0.3, -0.25) is 4.68 Å². The van der Waals surface area contributed by atoms with E-state index in [9.17, 15) is 0 Å². The van der Waals surface area contributed by atoms with E-state index in [4.69, 9.17) is 4.74 Å². The molecule has 3 rings (SSSR count). The molecule has 122 valence electrons. The summed E-state index contributed by atoms with van der Waals surface area (Å²) >= 11 is 0. The van der Waals surface area contributed by atoms with Gasteiger partial charge in [0.15, 0.2) is 5.75 Å². The van der Waals surface area contributed by atoms with E-state index < -0.39 is 0 Å². The first-order chi connectivity index (χ1) is 11.3. The summed E-state index contributed by atoms with van der Waals surface area (Å²) in [5.74, 6) is 1.27. The van der Waals surface area contributed by atoms with Gasteiger partial charge >= 0.3 is 0 Å². The monoisotopic (exact) mass is 313 g/mol. The summed E-state index contributed by atoms with van der Waals surface area (Å²) in [5, 5.41) is 7.51. The molecule has 0 unspecified atom stereocenters. The van der Waals surface area contributed by atoms with Crippen LogP contribution in [0.1, 0.15) is 32.1 Å². The van der Waals surface area contributed by atoms with Crippen molar-refractivity contribution in [2.45, 2.75) is 32.1 Å². The molecular weight excluding hydrogens is 290 g/mol. The summed E-state index contributed by atoms with van der Waals surface area (Å²) < 4.78 is 7.16. The second kappa shape index (κ2) is 7.26. The molecule has 6 nitrogen and oxygen atoms in total. The summed E-state index contributed by atoms with van der Waals surface area (Å²) in [6.07, 6.45) is 12.0. The molecule has 0 atom stereocenters. The lowest BCUT2D eigenvalue weighted by Gasteiger charge is -2.13. The zero-order chi connectivity index (χ0) is 16.1. The predicted octanol–water partition coefficient (Wildman–Crippen LogP) is 3.19. The number of ether oxygens (including phenoxy) is 1. The minimum atomic E-state index is 0.624. The second-order valence-electron chi connectivity index (χ2n) is 5.74. The highest BCUT2D eigenvalue weighted by molar-refractivity contribution is 5.63. The molecule has 2 heterocycles. The van der Waals surface area contributed by atoms with Gasteiger partial charge in [0, 0.05) is 19.8 Å². The van der Waals surface area contributed by atoms with Crippen molar-refractivity contribution in [3.63, 3.8) is 0 Å². The van der Waals surface area contributed by atoms with Crippen molar-refractivity contribution in [1.29, 1.82) is 0 Å². The summed E-state index contributed by atoms with van der Waals surface area (Å²) in [5.41, 5.74) is 3.20. The molecule has 0 saturated heterocycles. The zero-order valence-corrected chi connectivity index (χ0v) is 13.7. The maximum atomic E-state index is 5.38. The molecule has 1 aliphatic rings. The molecule has 2 aromatic heterocycles. The summed E-state index contributed by atoms with van der Waals surface area (Å²) in [4.78, 5) is 8.94. The minimum Gasteiger partial charge on any atom is -0.493 e. The van der Waals surface area contributed by atoms with Crippen molar-refractivity contribution < 1.29 is 4.74 Å². The lowest BCUT2D eigenvalue weighted by Crippen LogP contribution is -2.09. The number of nitrogens with zero attached hydrogens (tertiary/aromatic N) is 4. The molecule has 0 aromatic carbocycles. The predicted molar refractivity (Wildman–Crippen MR) is 90.4 cm³/mol. The highest BCUT2D eigenvalue weighted by atomic mass is 16.5. The third-order valence-corrected chi connectivity index (χ3v) is 4.15. The van der Waals surface area contributed by atoms with E-state index in [-0.39, 0.29) is 0 Å². The largest absolute Gasteiger partial charge is 0.493 e. The summed E-state index contributed by atoms with van der Waals surface area (Å²) in [6, 6.07) is 1.92. The van der Waals surface area contributed by atoms with Crippen LogP contribution >= 0.6 is 0 Å². The normalized spacial score (nSPS) is 14.4. The van der Waals surface area contributed by atoms with Crippen molar-refractivity contribution in [3.8, 4) is 17.1 Å². The Hall–Kier alpha value is -2.37. The molecule has 0 spiro atoms. The van der Waals surface area contributed by atoms with E-state index in [1.165, 1.54) is 25.7 Å². The first kappa shape index (κ1) is 15.5. The first-order valence-corrected chi connectivity index (χ1v) is 8.09. The summed E-state index contributed by atoms with van der Waals surface area (Å²) in [7, 11) is 3.51. The van der Waals surface area contributed by atoms with Gasteiger partial charge in [0.05, 0.1) is 19.0 Å². The molecule has 2 aromatic rings. The fourth-order valence-corrected chi connectivity index (χ4v) is 2.86. The molecule has 0 fully saturated rings. The van der Waals surface area contributed by atoms with Crippen LogP contribution < -0.4 is 10.1 Å². The average Bonchev–Trinajstić information content (AvgIpc) is 3.01. The number of allylic oxidation sites excluding steroid dienone is 1. The van der Waals surface area contributed by atoms with Crippen LogP contribution in [0.5, 0.6) is 5.75 Å². The van der Waals surface area contributed by atoms with E-state index in [2.05, 4.69) is 26.5 Å². The Morgan fingerprint density at radius 1 is 1.35 bits per heavy atom. The third kappa shape index (κ3) is 3.70. The quantitative estimate of drug-likeness (QED) is 0.830. The van der Waals surface area contributed by atoms with Crippen molar-refractivity contribution in [3.05, 3.63) is 30.1 Å². The lowest BCUT2D eigenvalue weighted by molar-refractivity contribution is 0.412. The van der Waals surface area contributed by atoms with Crippen LogP contribution in [-0.2, 0) is 7.05 Å². The number of anilines is 1. The van der Waals surface area contributed by atoms with Crippen LogP contribution in [0.2, 0.25) is 0 Å². The number of rotatable bonds is 6. The molecule has 0 bridgehead atoms. The number of methoxy groups -OCH3 is 1. The Labute approximate surface area is 136 Å². The Morgan fingerprint density at radius 2 is 2.26 bits per heavy atom. The topological polar surface area (TPSA) is 64.9 Å². The molecule has 1 N–H and O–H groups in total. The highest BCUT2D eigenvalue weighted by Gasteiger charge is 2.13. The van der Waals surface area contributed by atoms with E-state index in [0.717, 1.165) is 24.4 Å². The van der Waals surface area contributed by atoms with Crippen LogP contribution in [0.3, 0.4) is 0 Å². The number of aryl methyl sites for hydroxylation is 1. The maximum Gasteiger partial charge on any atom is 0.223 e. The van der Waals surface area contributed by atoms with Crippen molar-refractivity contribution in [2.75, 3.05) is 19.0 Å². The van der Waals surface area contributed by atoms with Crippen molar-refractivity contribution >= 4 is 5.95 Å². The van der Waals surface area contributed by atoms with Gasteiger partial charge in [-0.2, -0.15) is 5.10 Å². The minimum absolute atomic E-state index is 0.624. The number of nitrogens with one attached hydrogen (secondary N) is 1. The number of hydrogen-bond acceptors (Lipinski definition) is 5. The Bertz CT molecular complexity index is 692. The Morgan fingerprint density at radius 3 is 2.96 bits per heavy atom. The highest BCUT2D eigenvalue weighted by Crippen LogP contribution is 2.27. The van der Waals surface area contributed by atoms with Gasteiger partial charge in [-0.25, -0.2) is 9.97 Å². The smallest absolute Gasteiger partial charge is 0.223 e. The van der Waals surface area contributed by atoms with E-state index >= 15 is 0 Å². The average molecular weight is 313 g/mol. The van der Waals surface area contributed by atoms with Gasteiger partial charge in [0.2, 0.25) is 5.95 Å². The molecule has 23 heavy (non-hydrogen) atoms. The molecule has 1 aliphatic carbocycles. The van der Waals surface area contributed by atoms with Gasteiger partial charge in [0.1, 0.15) is 5.69 Å². The lowest BCUT2D eigenvalue weighted by atomic mass is 9.97. The van der Waals surface area contributed by atoms with Crippen LogP contribution in [0.15, 0.2) is 30.1 Å². The number of hydrogen-bond donors (Lipinski definition) is 1. The van der Waals surface area contributed by atoms with Crippen LogP contribution in [0.25, 0.3) is 11.4 Å². The second-order valence-corrected chi connectivity index (χ2v) is 5.74. The van der Waals surface area contributed by atoms with Crippen LogP contribution in [0, 0.1) is 0 Å². The van der Waals surface area contributed by atoms with Gasteiger partial charge in [-0.15, -0.1) is 0 Å². The fourth-order valence-electron chi connectivity index (χ4n) is 2.86. The first-order valence-electron chi connectivity index (χ1n) is 8.09. The molecular formula is C17H23N5O. The van der Waals surface area contributed by atoms with Gasteiger partial charge in [-0.05, 0) is 38.2 Å². The van der Waals surface area contributed by atoms with E-state index in [0.29, 0.717) is 11.7 Å². The van der Waals surface area contributed by atoms with Gasteiger partial charge in [0.25, 0.3) is 0 Å². The maximum absolute atomic E-state index is 5.38. The zero-order valence-electron chi connectivity index (χ0n) is 13.7. The van der Waals surface area contributed by atoms with Crippen molar-refractivity contribution in [1.82, 2.24) is 19.7 Å².